The third-order valence-electron chi connectivity index (χ3n) is 3.47. The third-order valence-corrected chi connectivity index (χ3v) is 3.47. The van der Waals surface area contributed by atoms with Crippen LogP contribution in [0.1, 0.15) is 72.6 Å². The van der Waals surface area contributed by atoms with Crippen molar-refractivity contribution in [2.75, 3.05) is 0 Å². The summed E-state index contributed by atoms with van der Waals surface area (Å²) in [6.45, 7) is 8.24. The molecule has 1 saturated carbocycles. The van der Waals surface area contributed by atoms with Crippen LogP contribution in [0.3, 0.4) is 0 Å². The highest BCUT2D eigenvalue weighted by molar-refractivity contribution is 5.58. The van der Waals surface area contributed by atoms with Gasteiger partial charge in [0.15, 0.2) is 0 Å². The molecule has 3 aliphatic rings. The molecular weight excluding hydrogens is 248 g/mol. The van der Waals surface area contributed by atoms with Crippen molar-refractivity contribution in [1.29, 1.82) is 0 Å². The Hall–Kier alpha value is -1.05. The Morgan fingerprint density at radius 1 is 1.25 bits per heavy atom. The van der Waals surface area contributed by atoms with E-state index in [1.807, 2.05) is 13.8 Å². The number of hydrogen-bond donors (Lipinski definition) is 0. The SMILES string of the molecule is C1CC1.CC.CC1(C)CCC2=CC(C=O)CCC=C2O1. The number of allylic oxidation sites excluding steroid dienone is 3. The van der Waals surface area contributed by atoms with Crippen LogP contribution in [0.2, 0.25) is 0 Å². The van der Waals surface area contributed by atoms with E-state index < -0.39 is 0 Å². The molecule has 0 spiro atoms. The second kappa shape index (κ2) is 8.28. The zero-order valence-electron chi connectivity index (χ0n) is 13.6. The van der Waals surface area contributed by atoms with E-state index in [4.69, 9.17) is 4.74 Å². The summed E-state index contributed by atoms with van der Waals surface area (Å²) in [6, 6.07) is 0. The summed E-state index contributed by atoms with van der Waals surface area (Å²) in [5.41, 5.74) is 1.17. The summed E-state index contributed by atoms with van der Waals surface area (Å²) in [4.78, 5) is 10.8. The highest BCUT2D eigenvalue weighted by atomic mass is 16.5. The molecule has 0 aromatic rings. The Bertz CT molecular complexity index is 359. The fourth-order valence-electron chi connectivity index (χ4n) is 2.17. The van der Waals surface area contributed by atoms with Crippen molar-refractivity contribution in [2.45, 2.75) is 78.2 Å². The molecule has 114 valence electrons. The molecule has 0 amide bonds. The van der Waals surface area contributed by atoms with Crippen molar-refractivity contribution < 1.29 is 9.53 Å². The molecule has 1 atom stereocenters. The number of fused-ring (bicyclic) bond motifs is 1. The number of aldehydes is 1. The van der Waals surface area contributed by atoms with E-state index in [1.54, 1.807) is 0 Å². The first kappa shape index (κ1) is 17.0. The molecule has 1 heterocycles. The number of carbonyl (C=O) groups excluding carboxylic acids is 1. The molecule has 2 nitrogen and oxygen atoms in total. The van der Waals surface area contributed by atoms with Gasteiger partial charge < -0.3 is 9.53 Å². The Balaban J connectivity index is 0.000000343. The van der Waals surface area contributed by atoms with Crippen LogP contribution in [0.25, 0.3) is 0 Å². The Kier molecular flexibility index (Phi) is 7.04. The summed E-state index contributed by atoms with van der Waals surface area (Å²) in [7, 11) is 0. The lowest BCUT2D eigenvalue weighted by molar-refractivity contribution is -0.110. The molecule has 0 aromatic heterocycles. The highest BCUT2D eigenvalue weighted by Crippen LogP contribution is 2.36. The van der Waals surface area contributed by atoms with Gasteiger partial charge in [-0.2, -0.15) is 0 Å². The fraction of sp³-hybridized carbons (Fsp3) is 0.722. The van der Waals surface area contributed by atoms with Crippen molar-refractivity contribution in [3.63, 3.8) is 0 Å². The third kappa shape index (κ3) is 5.94. The molecule has 1 unspecified atom stereocenters. The van der Waals surface area contributed by atoms with E-state index in [0.717, 1.165) is 37.7 Å². The molecule has 0 bridgehead atoms. The molecule has 2 fully saturated rings. The second-order valence-electron chi connectivity index (χ2n) is 6.06. The molecule has 3 rings (SSSR count). The van der Waals surface area contributed by atoms with E-state index in [2.05, 4.69) is 26.0 Å². The summed E-state index contributed by atoms with van der Waals surface area (Å²) in [6.07, 6.45) is 13.7. The van der Waals surface area contributed by atoms with Crippen molar-refractivity contribution in [3.05, 3.63) is 23.5 Å². The average molecular weight is 278 g/mol. The summed E-state index contributed by atoms with van der Waals surface area (Å²) < 4.78 is 5.93. The van der Waals surface area contributed by atoms with Crippen LogP contribution in [-0.2, 0) is 9.53 Å². The second-order valence-corrected chi connectivity index (χ2v) is 6.06. The van der Waals surface area contributed by atoms with Crippen LogP contribution in [0.5, 0.6) is 0 Å². The molecule has 2 aliphatic carbocycles. The lowest BCUT2D eigenvalue weighted by atomic mass is 9.92. The molecule has 1 saturated heterocycles. The maximum atomic E-state index is 10.8. The summed E-state index contributed by atoms with van der Waals surface area (Å²) >= 11 is 0. The predicted octanol–water partition coefficient (Wildman–Crippen LogP) is 5.19. The number of carbonyl (C=O) groups is 1. The van der Waals surface area contributed by atoms with Crippen LogP contribution >= 0.6 is 0 Å². The first-order valence-electron chi connectivity index (χ1n) is 8.16. The lowest BCUT2D eigenvalue weighted by Gasteiger charge is -2.34. The first-order chi connectivity index (χ1) is 9.61. The van der Waals surface area contributed by atoms with E-state index in [1.165, 1.54) is 24.8 Å². The topological polar surface area (TPSA) is 26.3 Å². The van der Waals surface area contributed by atoms with Crippen molar-refractivity contribution >= 4 is 6.29 Å². The van der Waals surface area contributed by atoms with E-state index >= 15 is 0 Å². The summed E-state index contributed by atoms with van der Waals surface area (Å²) in [5, 5.41) is 0. The maximum Gasteiger partial charge on any atom is 0.126 e. The van der Waals surface area contributed by atoms with Crippen LogP contribution < -0.4 is 0 Å². The Morgan fingerprint density at radius 2 is 1.90 bits per heavy atom. The van der Waals surface area contributed by atoms with Gasteiger partial charge >= 0.3 is 0 Å². The maximum absolute atomic E-state index is 10.8. The smallest absolute Gasteiger partial charge is 0.126 e. The highest BCUT2D eigenvalue weighted by Gasteiger charge is 2.29. The molecule has 1 aliphatic heterocycles. The normalized spacial score (nSPS) is 25.7. The van der Waals surface area contributed by atoms with Gasteiger partial charge in [-0.15, -0.1) is 0 Å². The van der Waals surface area contributed by atoms with Crippen LogP contribution in [0, 0.1) is 5.92 Å². The molecular formula is C18H30O2. The molecule has 2 heteroatoms. The van der Waals surface area contributed by atoms with Gasteiger partial charge in [-0.1, -0.05) is 39.2 Å². The minimum Gasteiger partial charge on any atom is -0.488 e. The molecule has 0 radical (unpaired) electrons. The lowest BCUT2D eigenvalue weighted by Crippen LogP contribution is -2.28. The van der Waals surface area contributed by atoms with Gasteiger partial charge in [-0.3, -0.25) is 0 Å². The van der Waals surface area contributed by atoms with Gasteiger partial charge in [-0.05, 0) is 51.2 Å². The van der Waals surface area contributed by atoms with E-state index in [-0.39, 0.29) is 11.5 Å². The average Bonchev–Trinajstić information content (AvgIpc) is 3.29. The van der Waals surface area contributed by atoms with E-state index in [9.17, 15) is 4.79 Å². The zero-order chi connectivity index (χ0) is 15.0. The zero-order valence-corrected chi connectivity index (χ0v) is 13.6. The molecule has 20 heavy (non-hydrogen) atoms. The minimum absolute atomic E-state index is 0.0514. The van der Waals surface area contributed by atoms with Crippen LogP contribution in [0.4, 0.5) is 0 Å². The van der Waals surface area contributed by atoms with Gasteiger partial charge in [0.1, 0.15) is 17.6 Å². The number of hydrogen-bond acceptors (Lipinski definition) is 2. The van der Waals surface area contributed by atoms with Gasteiger partial charge in [0.25, 0.3) is 0 Å². The number of ether oxygens (including phenoxy) is 1. The van der Waals surface area contributed by atoms with Crippen LogP contribution in [-0.4, -0.2) is 11.9 Å². The van der Waals surface area contributed by atoms with Gasteiger partial charge in [0.2, 0.25) is 0 Å². The van der Waals surface area contributed by atoms with Crippen molar-refractivity contribution in [2.24, 2.45) is 5.92 Å². The monoisotopic (exact) mass is 278 g/mol. The van der Waals surface area contributed by atoms with Crippen molar-refractivity contribution in [1.82, 2.24) is 0 Å². The van der Waals surface area contributed by atoms with Gasteiger partial charge in [0, 0.05) is 5.92 Å². The quantitative estimate of drug-likeness (QED) is 0.617. The number of rotatable bonds is 1. The first-order valence-corrected chi connectivity index (χ1v) is 8.16. The Labute approximate surface area is 124 Å². The van der Waals surface area contributed by atoms with Gasteiger partial charge in [-0.25, -0.2) is 0 Å². The Morgan fingerprint density at radius 3 is 2.45 bits per heavy atom. The van der Waals surface area contributed by atoms with Crippen molar-refractivity contribution in [3.8, 4) is 0 Å². The molecule has 0 N–H and O–H groups in total. The minimum atomic E-state index is -0.0514. The van der Waals surface area contributed by atoms with Crippen LogP contribution in [0.15, 0.2) is 23.5 Å². The predicted molar refractivity (Wildman–Crippen MR) is 84.6 cm³/mol. The largest absolute Gasteiger partial charge is 0.488 e. The standard InChI is InChI=1S/C13H18O2.C3H6.C2H6/c1-13(2)7-6-11-8-10(9-14)4-3-5-12(11)15-13;1-2-3-1;1-2/h5,8-10H,3-4,6-7H2,1-2H3;1-3H2;1-2H3. The van der Waals surface area contributed by atoms with E-state index in [0.29, 0.717) is 0 Å². The summed E-state index contributed by atoms with van der Waals surface area (Å²) in [5.74, 6) is 1.09. The van der Waals surface area contributed by atoms with Gasteiger partial charge in [0.05, 0.1) is 0 Å². The fourth-order valence-corrected chi connectivity index (χ4v) is 2.17. The molecule has 0 aromatic carbocycles.